The largest absolute Gasteiger partial charge is 0.487 e. The summed E-state index contributed by atoms with van der Waals surface area (Å²) in [5, 5.41) is 6.11. The minimum Gasteiger partial charge on any atom is -0.487 e. The Labute approximate surface area is 221 Å². The van der Waals surface area contributed by atoms with Crippen LogP contribution >= 0.6 is 0 Å². The fourth-order valence-electron chi connectivity index (χ4n) is 4.35. The van der Waals surface area contributed by atoms with E-state index >= 15 is 0 Å². The Morgan fingerprint density at radius 3 is 2.50 bits per heavy atom. The zero-order chi connectivity index (χ0) is 26.5. The Morgan fingerprint density at radius 2 is 1.63 bits per heavy atom. The molecule has 5 aromatic rings. The standard InChI is InChI=1S/C32H28N2O4/c1-21(32(36)34-27-8-5-6-22(16-27)17-31(35)37-2)24-10-11-26-19-29(15-13-25(26)18-24)38-20-28-14-12-23-7-3-4-9-30(23)33-28/h3-16,18-19,21H,17,20H2,1-2H3,(H,34,36). The van der Waals surface area contributed by atoms with Gasteiger partial charge in [0.05, 0.1) is 30.7 Å². The molecule has 6 nitrogen and oxygen atoms in total. The molecule has 0 radical (unpaired) electrons. The monoisotopic (exact) mass is 504 g/mol. The lowest BCUT2D eigenvalue weighted by atomic mass is 9.97. The van der Waals surface area contributed by atoms with Crippen molar-refractivity contribution in [1.29, 1.82) is 0 Å². The molecule has 38 heavy (non-hydrogen) atoms. The molecule has 0 aliphatic heterocycles. The van der Waals surface area contributed by atoms with Crippen LogP contribution < -0.4 is 10.1 Å². The number of para-hydroxylation sites is 1. The van der Waals surface area contributed by atoms with Crippen molar-refractivity contribution in [3.63, 3.8) is 0 Å². The van der Waals surface area contributed by atoms with E-state index in [4.69, 9.17) is 9.47 Å². The first kappa shape index (κ1) is 25.0. The Morgan fingerprint density at radius 1 is 0.842 bits per heavy atom. The van der Waals surface area contributed by atoms with Crippen LogP contribution in [0.3, 0.4) is 0 Å². The average Bonchev–Trinajstić information content (AvgIpc) is 2.95. The smallest absolute Gasteiger partial charge is 0.309 e. The Hall–Kier alpha value is -4.71. The number of carbonyl (C=O) groups is 2. The van der Waals surface area contributed by atoms with Crippen LogP contribution in [0.1, 0.15) is 29.7 Å². The number of benzene rings is 4. The average molecular weight is 505 g/mol. The van der Waals surface area contributed by atoms with Crippen molar-refractivity contribution >= 4 is 39.2 Å². The van der Waals surface area contributed by atoms with E-state index < -0.39 is 0 Å². The third-order valence-electron chi connectivity index (χ3n) is 6.54. The molecule has 1 unspecified atom stereocenters. The molecule has 1 atom stereocenters. The molecule has 190 valence electrons. The highest BCUT2D eigenvalue weighted by atomic mass is 16.5. The third-order valence-corrected chi connectivity index (χ3v) is 6.54. The highest BCUT2D eigenvalue weighted by Gasteiger charge is 2.16. The van der Waals surface area contributed by atoms with E-state index in [0.29, 0.717) is 12.3 Å². The van der Waals surface area contributed by atoms with Crippen LogP contribution in [-0.4, -0.2) is 24.0 Å². The number of nitrogens with one attached hydrogen (secondary N) is 1. The second kappa shape index (κ2) is 11.1. The van der Waals surface area contributed by atoms with Gasteiger partial charge in [-0.05, 0) is 65.2 Å². The van der Waals surface area contributed by atoms with Gasteiger partial charge in [0.25, 0.3) is 0 Å². The molecule has 0 saturated carbocycles. The van der Waals surface area contributed by atoms with Crippen molar-refractivity contribution in [2.24, 2.45) is 0 Å². The van der Waals surface area contributed by atoms with Gasteiger partial charge < -0.3 is 14.8 Å². The van der Waals surface area contributed by atoms with E-state index in [0.717, 1.165) is 44.2 Å². The predicted octanol–water partition coefficient (Wildman–Crippen LogP) is 6.42. The molecular weight excluding hydrogens is 476 g/mol. The molecule has 0 aliphatic carbocycles. The van der Waals surface area contributed by atoms with Gasteiger partial charge in [0.15, 0.2) is 0 Å². The summed E-state index contributed by atoms with van der Waals surface area (Å²) in [4.78, 5) is 29.2. The molecule has 0 spiro atoms. The maximum atomic E-state index is 13.0. The summed E-state index contributed by atoms with van der Waals surface area (Å²) in [5.74, 6) is -0.0456. The number of methoxy groups -OCH3 is 1. The summed E-state index contributed by atoms with van der Waals surface area (Å²) in [5.41, 5.74) is 4.16. The molecule has 1 aromatic heterocycles. The number of esters is 1. The van der Waals surface area contributed by atoms with E-state index in [-0.39, 0.29) is 24.2 Å². The van der Waals surface area contributed by atoms with Gasteiger partial charge in [-0.1, -0.05) is 60.7 Å². The molecule has 0 fully saturated rings. The number of hydrogen-bond acceptors (Lipinski definition) is 5. The Bertz CT molecular complexity index is 1630. The van der Waals surface area contributed by atoms with Crippen molar-refractivity contribution < 1.29 is 19.1 Å². The molecule has 1 N–H and O–H groups in total. The third kappa shape index (κ3) is 5.81. The fraction of sp³-hybridized carbons (Fsp3) is 0.156. The first-order valence-electron chi connectivity index (χ1n) is 12.5. The van der Waals surface area contributed by atoms with Crippen molar-refractivity contribution in [3.05, 3.63) is 114 Å². The van der Waals surface area contributed by atoms with Gasteiger partial charge in [0, 0.05) is 11.1 Å². The number of ether oxygens (including phenoxy) is 2. The first-order valence-corrected chi connectivity index (χ1v) is 12.5. The number of pyridine rings is 1. The van der Waals surface area contributed by atoms with Gasteiger partial charge in [-0.15, -0.1) is 0 Å². The van der Waals surface area contributed by atoms with Crippen LogP contribution in [0, 0.1) is 0 Å². The molecule has 6 heteroatoms. The molecule has 1 heterocycles. The first-order chi connectivity index (χ1) is 18.5. The Kier molecular flexibility index (Phi) is 7.31. The van der Waals surface area contributed by atoms with Gasteiger partial charge in [-0.2, -0.15) is 0 Å². The lowest BCUT2D eigenvalue weighted by molar-refractivity contribution is -0.139. The number of nitrogens with zero attached hydrogens (tertiary/aromatic N) is 1. The van der Waals surface area contributed by atoms with Crippen molar-refractivity contribution in [2.75, 3.05) is 12.4 Å². The van der Waals surface area contributed by atoms with Crippen molar-refractivity contribution in [1.82, 2.24) is 4.98 Å². The minimum absolute atomic E-state index is 0.123. The van der Waals surface area contributed by atoms with Gasteiger partial charge in [-0.25, -0.2) is 4.98 Å². The number of aromatic nitrogens is 1. The molecule has 0 saturated heterocycles. The quantitative estimate of drug-likeness (QED) is 0.247. The van der Waals surface area contributed by atoms with Crippen LogP contribution in [0.15, 0.2) is 97.1 Å². The number of rotatable bonds is 8. The summed E-state index contributed by atoms with van der Waals surface area (Å²) in [7, 11) is 1.36. The van der Waals surface area contributed by atoms with Gasteiger partial charge >= 0.3 is 5.97 Å². The van der Waals surface area contributed by atoms with Crippen LogP contribution in [-0.2, 0) is 27.4 Å². The Balaban J connectivity index is 1.24. The SMILES string of the molecule is COC(=O)Cc1cccc(NC(=O)C(C)c2ccc3cc(OCc4ccc5ccccc5n4)ccc3c2)c1. The van der Waals surface area contributed by atoms with Crippen molar-refractivity contribution in [3.8, 4) is 5.75 Å². The normalized spacial score (nSPS) is 11.7. The summed E-state index contributed by atoms with van der Waals surface area (Å²) in [6.07, 6.45) is 0.158. The second-order valence-corrected chi connectivity index (χ2v) is 9.22. The van der Waals surface area contributed by atoms with E-state index in [1.54, 1.807) is 12.1 Å². The highest BCUT2D eigenvalue weighted by molar-refractivity contribution is 5.96. The topological polar surface area (TPSA) is 77.5 Å². The molecule has 1 amide bonds. The zero-order valence-electron chi connectivity index (χ0n) is 21.3. The zero-order valence-corrected chi connectivity index (χ0v) is 21.3. The number of hydrogen-bond donors (Lipinski definition) is 1. The van der Waals surface area contributed by atoms with Crippen LogP contribution in [0.25, 0.3) is 21.7 Å². The fourth-order valence-corrected chi connectivity index (χ4v) is 4.35. The molecule has 0 aliphatic rings. The minimum atomic E-state index is -0.362. The van der Waals surface area contributed by atoms with E-state index in [1.807, 2.05) is 85.8 Å². The number of carbonyl (C=O) groups excluding carboxylic acids is 2. The van der Waals surface area contributed by atoms with Crippen LogP contribution in [0.5, 0.6) is 5.75 Å². The highest BCUT2D eigenvalue weighted by Crippen LogP contribution is 2.27. The summed E-state index contributed by atoms with van der Waals surface area (Å²) in [6.45, 7) is 2.26. The molecule has 4 aromatic carbocycles. The summed E-state index contributed by atoms with van der Waals surface area (Å²) >= 11 is 0. The molecular formula is C32H28N2O4. The van der Waals surface area contributed by atoms with Crippen molar-refractivity contribution in [2.45, 2.75) is 25.9 Å². The van der Waals surface area contributed by atoms with Gasteiger partial charge in [0.1, 0.15) is 12.4 Å². The summed E-state index contributed by atoms with van der Waals surface area (Å²) in [6, 6.07) is 31.2. The summed E-state index contributed by atoms with van der Waals surface area (Å²) < 4.78 is 10.7. The van der Waals surface area contributed by atoms with Crippen LogP contribution in [0.4, 0.5) is 5.69 Å². The maximum absolute atomic E-state index is 13.0. The van der Waals surface area contributed by atoms with Gasteiger partial charge in [-0.3, -0.25) is 9.59 Å². The number of anilines is 1. The molecule has 5 rings (SSSR count). The second-order valence-electron chi connectivity index (χ2n) is 9.22. The number of amides is 1. The van der Waals surface area contributed by atoms with Crippen LogP contribution in [0.2, 0.25) is 0 Å². The van der Waals surface area contributed by atoms with E-state index in [2.05, 4.69) is 16.4 Å². The number of fused-ring (bicyclic) bond motifs is 2. The predicted molar refractivity (Wildman–Crippen MR) is 149 cm³/mol. The van der Waals surface area contributed by atoms with Gasteiger partial charge in [0.2, 0.25) is 5.91 Å². The molecule has 0 bridgehead atoms. The maximum Gasteiger partial charge on any atom is 0.309 e. The van der Waals surface area contributed by atoms with E-state index in [9.17, 15) is 9.59 Å². The van der Waals surface area contributed by atoms with E-state index in [1.165, 1.54) is 7.11 Å². The lowest BCUT2D eigenvalue weighted by Crippen LogP contribution is -2.19. The lowest BCUT2D eigenvalue weighted by Gasteiger charge is -2.14.